The predicted octanol–water partition coefficient (Wildman–Crippen LogP) is 5.29. The zero-order valence-corrected chi connectivity index (χ0v) is 20.5. The summed E-state index contributed by atoms with van der Waals surface area (Å²) in [7, 11) is 0. The van der Waals surface area contributed by atoms with E-state index in [2.05, 4.69) is 5.32 Å². The smallest absolute Gasteiger partial charge is 0.247 e. The predicted molar refractivity (Wildman–Crippen MR) is 140 cm³/mol. The molecule has 1 aromatic heterocycles. The molecule has 4 aromatic rings. The Morgan fingerprint density at radius 2 is 1.51 bits per heavy atom. The minimum atomic E-state index is -0.345. The average molecular weight is 469 g/mol. The van der Waals surface area contributed by atoms with Gasteiger partial charge in [-0.2, -0.15) is 0 Å². The number of carbonyl (C=O) groups is 2. The number of nitrogens with one attached hydrogen (secondary N) is 1. The number of carbonyl (C=O) groups excluding carboxylic acids is 2. The maximum Gasteiger partial charge on any atom is 0.247 e. The Kier molecular flexibility index (Phi) is 7.60. The van der Waals surface area contributed by atoms with Gasteiger partial charge in [-0.3, -0.25) is 9.59 Å². The van der Waals surface area contributed by atoms with Gasteiger partial charge < -0.3 is 14.8 Å². The van der Waals surface area contributed by atoms with Crippen molar-refractivity contribution < 1.29 is 9.59 Å². The second-order valence-electron chi connectivity index (χ2n) is 9.01. The lowest BCUT2D eigenvalue weighted by Crippen LogP contribution is -2.40. The molecule has 0 saturated heterocycles. The first-order valence-corrected chi connectivity index (χ1v) is 12.1. The molecule has 6 heteroatoms. The highest BCUT2D eigenvalue weighted by molar-refractivity contribution is 5.94. The molecule has 0 spiro atoms. The number of imidazole rings is 1. The molecular formula is C29H32N4O2. The van der Waals surface area contributed by atoms with Crippen molar-refractivity contribution in [3.8, 4) is 0 Å². The summed E-state index contributed by atoms with van der Waals surface area (Å²) in [5, 5.41) is 3.08. The summed E-state index contributed by atoms with van der Waals surface area (Å²) in [5.74, 6) is 0.599. The molecule has 1 heterocycles. The number of para-hydroxylation sites is 3. The molecule has 35 heavy (non-hydrogen) atoms. The molecule has 2 amide bonds. The maximum absolute atomic E-state index is 13.5. The highest BCUT2D eigenvalue weighted by Gasteiger charge is 2.24. The van der Waals surface area contributed by atoms with Crippen LogP contribution in [0.3, 0.4) is 0 Å². The number of hydrogen-bond acceptors (Lipinski definition) is 3. The van der Waals surface area contributed by atoms with Gasteiger partial charge >= 0.3 is 0 Å². The molecule has 0 aliphatic heterocycles. The third-order valence-corrected chi connectivity index (χ3v) is 6.05. The van der Waals surface area contributed by atoms with E-state index >= 15 is 0 Å². The van der Waals surface area contributed by atoms with E-state index in [9.17, 15) is 9.59 Å². The first-order valence-electron chi connectivity index (χ1n) is 12.1. The molecule has 3 aromatic carbocycles. The molecule has 0 aliphatic rings. The van der Waals surface area contributed by atoms with Crippen LogP contribution in [0, 0.1) is 0 Å². The van der Waals surface area contributed by atoms with Gasteiger partial charge in [0.2, 0.25) is 11.8 Å². The van der Waals surface area contributed by atoms with E-state index in [-0.39, 0.29) is 30.4 Å². The number of rotatable bonds is 9. The van der Waals surface area contributed by atoms with Crippen molar-refractivity contribution in [2.75, 3.05) is 4.90 Å². The van der Waals surface area contributed by atoms with Gasteiger partial charge in [0.1, 0.15) is 12.4 Å². The summed E-state index contributed by atoms with van der Waals surface area (Å²) in [6.07, 6.45) is 1.07. The molecule has 1 unspecified atom stereocenters. The Balaban J connectivity index is 1.55. The zero-order valence-electron chi connectivity index (χ0n) is 20.5. The lowest BCUT2D eigenvalue weighted by molar-refractivity contribution is -0.121. The molecule has 6 nitrogen and oxygen atoms in total. The van der Waals surface area contributed by atoms with Crippen molar-refractivity contribution >= 4 is 28.5 Å². The Morgan fingerprint density at radius 3 is 2.20 bits per heavy atom. The molecule has 0 aliphatic carbocycles. The van der Waals surface area contributed by atoms with E-state index in [1.807, 2.05) is 115 Å². The number of anilines is 1. The van der Waals surface area contributed by atoms with Crippen LogP contribution in [0.4, 0.5) is 5.69 Å². The maximum atomic E-state index is 13.5. The molecular weight excluding hydrogens is 436 g/mol. The first kappa shape index (κ1) is 24.2. The summed E-state index contributed by atoms with van der Waals surface area (Å²) in [5.41, 5.74) is 3.66. The normalized spacial score (nSPS) is 12.0. The van der Waals surface area contributed by atoms with Gasteiger partial charge in [0.15, 0.2) is 0 Å². The average Bonchev–Trinajstić information content (AvgIpc) is 3.22. The van der Waals surface area contributed by atoms with Crippen LogP contribution in [0.1, 0.15) is 44.6 Å². The van der Waals surface area contributed by atoms with Crippen molar-refractivity contribution in [3.05, 3.63) is 96.3 Å². The van der Waals surface area contributed by atoms with E-state index in [4.69, 9.17) is 4.98 Å². The van der Waals surface area contributed by atoms with Crippen LogP contribution in [0.2, 0.25) is 0 Å². The van der Waals surface area contributed by atoms with E-state index in [1.54, 1.807) is 0 Å². The molecule has 1 N–H and O–H groups in total. The van der Waals surface area contributed by atoms with Gasteiger partial charge in [-0.05, 0) is 57.0 Å². The summed E-state index contributed by atoms with van der Waals surface area (Å²) >= 11 is 0. The van der Waals surface area contributed by atoms with Crippen LogP contribution in [-0.2, 0) is 22.6 Å². The van der Waals surface area contributed by atoms with Crippen LogP contribution < -0.4 is 10.2 Å². The molecule has 1 atom stereocenters. The van der Waals surface area contributed by atoms with E-state index in [0.29, 0.717) is 18.7 Å². The van der Waals surface area contributed by atoms with Crippen molar-refractivity contribution in [1.82, 2.24) is 14.9 Å². The van der Waals surface area contributed by atoms with Crippen molar-refractivity contribution in [1.29, 1.82) is 0 Å². The lowest BCUT2D eigenvalue weighted by Gasteiger charge is -2.28. The number of amides is 2. The van der Waals surface area contributed by atoms with Crippen LogP contribution in [0.15, 0.2) is 84.9 Å². The SMILES string of the molecule is CC(NC(=O)CCc1ccccc1)c1nc2ccccc2n1CC(=O)N(c1ccccc1)C(C)C. The van der Waals surface area contributed by atoms with Crippen LogP contribution in [-0.4, -0.2) is 27.4 Å². The van der Waals surface area contributed by atoms with Crippen molar-refractivity contribution in [2.24, 2.45) is 0 Å². The van der Waals surface area contributed by atoms with Gasteiger partial charge in [0, 0.05) is 18.2 Å². The number of fused-ring (bicyclic) bond motifs is 1. The standard InChI is InChI=1S/C29H32N4O2/c1-21(2)33(24-14-8-5-9-15-24)28(35)20-32-26-17-11-10-16-25(26)31-29(32)22(3)30-27(34)19-18-23-12-6-4-7-13-23/h4-17,21-22H,18-20H2,1-3H3,(H,30,34). The topological polar surface area (TPSA) is 67.2 Å². The minimum absolute atomic E-state index is 0.00162. The van der Waals surface area contributed by atoms with E-state index < -0.39 is 0 Å². The minimum Gasteiger partial charge on any atom is -0.346 e. The monoisotopic (exact) mass is 468 g/mol. The Bertz CT molecular complexity index is 1280. The Morgan fingerprint density at radius 1 is 0.886 bits per heavy atom. The third-order valence-electron chi connectivity index (χ3n) is 6.05. The van der Waals surface area contributed by atoms with Crippen molar-refractivity contribution in [3.63, 3.8) is 0 Å². The van der Waals surface area contributed by atoms with E-state index in [1.165, 1.54) is 0 Å². The number of aryl methyl sites for hydroxylation is 1. The van der Waals surface area contributed by atoms with Gasteiger partial charge in [-0.1, -0.05) is 60.7 Å². The largest absolute Gasteiger partial charge is 0.346 e. The van der Waals surface area contributed by atoms with Gasteiger partial charge in [-0.15, -0.1) is 0 Å². The summed E-state index contributed by atoms with van der Waals surface area (Å²) in [6, 6.07) is 27.1. The van der Waals surface area contributed by atoms with E-state index in [0.717, 1.165) is 22.3 Å². The second-order valence-corrected chi connectivity index (χ2v) is 9.01. The fraction of sp³-hybridized carbons (Fsp3) is 0.276. The number of aromatic nitrogens is 2. The Hall–Kier alpha value is -3.93. The van der Waals surface area contributed by atoms with Gasteiger partial charge in [0.25, 0.3) is 0 Å². The van der Waals surface area contributed by atoms with Crippen LogP contribution in [0.25, 0.3) is 11.0 Å². The second kappa shape index (κ2) is 11.0. The zero-order chi connectivity index (χ0) is 24.8. The summed E-state index contributed by atoms with van der Waals surface area (Å²) in [6.45, 7) is 6.06. The third kappa shape index (κ3) is 5.77. The summed E-state index contributed by atoms with van der Waals surface area (Å²) < 4.78 is 1.93. The lowest BCUT2D eigenvalue weighted by atomic mass is 10.1. The molecule has 0 saturated carbocycles. The fourth-order valence-electron chi connectivity index (χ4n) is 4.40. The molecule has 0 fully saturated rings. The number of nitrogens with zero attached hydrogens (tertiary/aromatic N) is 3. The Labute approximate surface area is 206 Å². The van der Waals surface area contributed by atoms with Crippen LogP contribution in [0.5, 0.6) is 0 Å². The first-order chi connectivity index (χ1) is 16.9. The number of hydrogen-bond donors (Lipinski definition) is 1. The number of benzene rings is 3. The highest BCUT2D eigenvalue weighted by Crippen LogP contribution is 2.23. The van der Waals surface area contributed by atoms with Gasteiger partial charge in [0.05, 0.1) is 17.1 Å². The molecule has 0 radical (unpaired) electrons. The molecule has 4 rings (SSSR count). The quantitative estimate of drug-likeness (QED) is 0.363. The molecule has 0 bridgehead atoms. The van der Waals surface area contributed by atoms with Crippen molar-refractivity contribution in [2.45, 2.75) is 52.2 Å². The molecule has 180 valence electrons. The highest BCUT2D eigenvalue weighted by atomic mass is 16.2. The van der Waals surface area contributed by atoms with Gasteiger partial charge in [-0.25, -0.2) is 4.98 Å². The van der Waals surface area contributed by atoms with Crippen LogP contribution >= 0.6 is 0 Å². The fourth-order valence-corrected chi connectivity index (χ4v) is 4.40. The summed E-state index contributed by atoms with van der Waals surface area (Å²) in [4.78, 5) is 32.8.